The second-order valence-electron chi connectivity index (χ2n) is 11.0. The van der Waals surface area contributed by atoms with Crippen LogP contribution in [0.3, 0.4) is 0 Å². The van der Waals surface area contributed by atoms with Gasteiger partial charge in [0.05, 0.1) is 43.2 Å². The molecule has 1 aromatic rings. The van der Waals surface area contributed by atoms with Gasteiger partial charge in [-0.1, -0.05) is 12.1 Å². The summed E-state index contributed by atoms with van der Waals surface area (Å²) < 4.78 is 28.4. The summed E-state index contributed by atoms with van der Waals surface area (Å²) in [7, 11) is 0. The van der Waals surface area contributed by atoms with E-state index < -0.39 is 111 Å². The molecule has 2 saturated heterocycles. The normalized spacial score (nSPS) is 45.2. The number of ether oxygens (including phenoxy) is 5. The minimum absolute atomic E-state index is 0.0368. The van der Waals surface area contributed by atoms with Gasteiger partial charge in [-0.2, -0.15) is 0 Å². The smallest absolute Gasteiger partial charge is 0.187 e. The van der Waals surface area contributed by atoms with Crippen molar-refractivity contribution in [3.63, 3.8) is 0 Å². The van der Waals surface area contributed by atoms with Crippen molar-refractivity contribution in [2.75, 3.05) is 13.2 Å². The van der Waals surface area contributed by atoms with Crippen LogP contribution in [0.1, 0.15) is 12.0 Å². The van der Waals surface area contributed by atoms with Gasteiger partial charge < -0.3 is 74.7 Å². The minimum Gasteiger partial charge on any atom is -0.508 e. The Balaban J connectivity index is 1.44. The van der Waals surface area contributed by atoms with E-state index in [1.165, 1.54) is 30.5 Å². The van der Waals surface area contributed by atoms with E-state index in [1.54, 1.807) is 0 Å². The highest BCUT2D eigenvalue weighted by molar-refractivity contribution is 6.22. The van der Waals surface area contributed by atoms with Crippen LogP contribution in [0.15, 0.2) is 30.5 Å². The lowest BCUT2D eigenvalue weighted by Gasteiger charge is -2.49. The highest BCUT2D eigenvalue weighted by Crippen LogP contribution is 2.41. The Hall–Kier alpha value is -2.29. The van der Waals surface area contributed by atoms with Crippen molar-refractivity contribution >= 4 is 11.4 Å². The fourth-order valence-electron chi connectivity index (χ4n) is 5.85. The van der Waals surface area contributed by atoms with Crippen LogP contribution in [-0.4, -0.2) is 156 Å². The van der Waals surface area contributed by atoms with Gasteiger partial charge in [0.1, 0.15) is 66.8 Å². The number of rotatable bonds is 7. The maximum absolute atomic E-state index is 13.7. The summed E-state index contributed by atoms with van der Waals surface area (Å²) in [5, 5.41) is 102. The predicted molar refractivity (Wildman–Crippen MR) is 137 cm³/mol. The van der Waals surface area contributed by atoms with Crippen LogP contribution >= 0.6 is 0 Å². The van der Waals surface area contributed by atoms with Gasteiger partial charge in [-0.3, -0.25) is 4.79 Å². The first-order valence-corrected chi connectivity index (χ1v) is 13.8. The topological polar surface area (TPSA) is 266 Å². The van der Waals surface area contributed by atoms with Crippen LogP contribution in [0.2, 0.25) is 0 Å². The highest BCUT2D eigenvalue weighted by Gasteiger charge is 2.56. The zero-order valence-electron chi connectivity index (χ0n) is 22.6. The van der Waals surface area contributed by atoms with Crippen molar-refractivity contribution in [2.24, 2.45) is 5.92 Å². The summed E-state index contributed by atoms with van der Waals surface area (Å²) in [4.78, 5) is 13.7. The molecular formula is C27H36O16. The molecule has 5 unspecified atom stereocenters. The number of allylic oxidation sites excluding steroid dienone is 1. The molecule has 16 nitrogen and oxygen atoms in total. The summed E-state index contributed by atoms with van der Waals surface area (Å²) in [5.74, 6) is -1.85. The number of aliphatic hydroxyl groups excluding tert-OH is 9. The zero-order chi connectivity index (χ0) is 31.2. The van der Waals surface area contributed by atoms with Crippen molar-refractivity contribution in [1.29, 1.82) is 0 Å². The lowest BCUT2D eigenvalue weighted by molar-refractivity contribution is -0.355. The Bertz CT molecular complexity index is 1140. The molecule has 0 amide bonds. The molecule has 0 radical (unpaired) electrons. The molecule has 0 bridgehead atoms. The first kappa shape index (κ1) is 32.1. The van der Waals surface area contributed by atoms with Crippen LogP contribution in [0.4, 0.5) is 0 Å². The second-order valence-corrected chi connectivity index (χ2v) is 11.0. The molecular weight excluding hydrogens is 580 g/mol. The molecule has 1 saturated carbocycles. The third kappa shape index (κ3) is 6.04. The molecule has 1 aromatic carbocycles. The summed E-state index contributed by atoms with van der Waals surface area (Å²) in [6, 6.07) is 5.68. The SMILES string of the molecule is O=C1C(c2ccc(O)cc2)=COC2CC(O[C@@H]3O[C@H](CO)[C@@H](O)[C@H](O)[C@H]3O)C(O[C@@H]3O[C@H](CO)[C@@H](O)[C@H](O)[C@H]3O)C(O)C12. The summed E-state index contributed by atoms with van der Waals surface area (Å²) >= 11 is 0. The molecule has 16 heteroatoms. The van der Waals surface area contributed by atoms with Crippen LogP contribution < -0.4 is 0 Å². The second kappa shape index (κ2) is 13.0. The molecule has 3 fully saturated rings. The molecule has 10 N–H and O–H groups in total. The van der Waals surface area contributed by atoms with E-state index in [9.17, 15) is 55.9 Å². The summed E-state index contributed by atoms with van der Waals surface area (Å²) in [6.45, 7) is -1.50. The molecule has 3 heterocycles. The Morgan fingerprint density at radius 1 is 0.721 bits per heavy atom. The lowest BCUT2D eigenvalue weighted by atomic mass is 9.74. The van der Waals surface area contributed by atoms with E-state index in [1.807, 2.05) is 0 Å². The number of Topliss-reactive ketones (excluding diaryl/α,β-unsaturated/α-hetero) is 1. The molecule has 4 aliphatic rings. The maximum atomic E-state index is 13.7. The van der Waals surface area contributed by atoms with Gasteiger partial charge >= 0.3 is 0 Å². The molecule has 0 aromatic heterocycles. The van der Waals surface area contributed by atoms with Gasteiger partial charge in [0.15, 0.2) is 18.4 Å². The number of aromatic hydroxyl groups is 1. The fraction of sp³-hybridized carbons (Fsp3) is 0.667. The number of ketones is 1. The lowest BCUT2D eigenvalue weighted by Crippen LogP contribution is -2.65. The van der Waals surface area contributed by atoms with E-state index in [0.29, 0.717) is 5.56 Å². The van der Waals surface area contributed by atoms with Gasteiger partial charge in [0.2, 0.25) is 0 Å². The van der Waals surface area contributed by atoms with Crippen molar-refractivity contribution in [3.05, 3.63) is 36.1 Å². The minimum atomic E-state index is -1.87. The van der Waals surface area contributed by atoms with Crippen LogP contribution in [0.25, 0.3) is 5.57 Å². The van der Waals surface area contributed by atoms with E-state index in [-0.39, 0.29) is 17.7 Å². The Morgan fingerprint density at radius 3 is 1.79 bits per heavy atom. The third-order valence-electron chi connectivity index (χ3n) is 8.34. The van der Waals surface area contributed by atoms with E-state index in [4.69, 9.17) is 23.7 Å². The van der Waals surface area contributed by atoms with Gasteiger partial charge in [-0.15, -0.1) is 0 Å². The summed E-state index contributed by atoms with van der Waals surface area (Å²) in [6.07, 6.45) is -21.4. The highest BCUT2D eigenvalue weighted by atomic mass is 16.7. The maximum Gasteiger partial charge on any atom is 0.187 e. The molecule has 1 aliphatic carbocycles. The monoisotopic (exact) mass is 616 g/mol. The van der Waals surface area contributed by atoms with Crippen molar-refractivity contribution in [1.82, 2.24) is 0 Å². The van der Waals surface area contributed by atoms with Gasteiger partial charge in [-0.25, -0.2) is 0 Å². The van der Waals surface area contributed by atoms with E-state index >= 15 is 0 Å². The van der Waals surface area contributed by atoms with Crippen LogP contribution in [-0.2, 0) is 28.5 Å². The van der Waals surface area contributed by atoms with E-state index in [0.717, 1.165) is 0 Å². The van der Waals surface area contributed by atoms with Crippen molar-refractivity contribution in [2.45, 2.75) is 92.2 Å². The molecule has 43 heavy (non-hydrogen) atoms. The largest absolute Gasteiger partial charge is 0.508 e. The van der Waals surface area contributed by atoms with Crippen LogP contribution in [0, 0.1) is 5.92 Å². The first-order chi connectivity index (χ1) is 20.5. The molecule has 0 spiro atoms. The third-order valence-corrected chi connectivity index (χ3v) is 8.34. The number of fused-ring (bicyclic) bond motifs is 1. The molecule has 240 valence electrons. The average molecular weight is 617 g/mol. The standard InChI is InChI=1S/C27H36O16/c28-6-14-18(32)21(35)23(37)26(41-14)40-13-5-12-16(17(31)11(8-39-12)9-1-3-10(30)4-2-9)20(34)25(13)43-27-24(38)22(36)19(33)15(7-29)42-27/h1-4,8,12-16,18-30,32-38H,5-7H2/t12?,13?,14-,15-,16?,18-,19-,20?,21+,22+,23-,24-,25?,26-,27+/m1/s1. The Kier molecular flexibility index (Phi) is 9.69. The van der Waals surface area contributed by atoms with Crippen molar-refractivity contribution in [3.8, 4) is 5.75 Å². The molecule has 15 atom stereocenters. The first-order valence-electron chi connectivity index (χ1n) is 13.8. The number of phenolic OH excluding ortho intramolecular Hbond substituents is 1. The number of hydrogen-bond acceptors (Lipinski definition) is 16. The number of carbonyl (C=O) groups is 1. The average Bonchev–Trinajstić information content (AvgIpc) is 2.99. The van der Waals surface area contributed by atoms with Gasteiger partial charge in [0, 0.05) is 6.42 Å². The number of hydrogen-bond donors (Lipinski definition) is 10. The Labute approximate surface area is 244 Å². The van der Waals surface area contributed by atoms with Crippen LogP contribution in [0.5, 0.6) is 5.75 Å². The molecule has 3 aliphatic heterocycles. The van der Waals surface area contributed by atoms with Crippen molar-refractivity contribution < 1.29 is 79.5 Å². The van der Waals surface area contributed by atoms with Gasteiger partial charge in [-0.05, 0) is 17.7 Å². The quantitative estimate of drug-likeness (QED) is 0.138. The summed E-state index contributed by atoms with van der Waals surface area (Å²) in [5.41, 5.74) is 0.472. The fourth-order valence-corrected chi connectivity index (χ4v) is 5.85. The predicted octanol–water partition coefficient (Wildman–Crippen LogP) is -4.55. The molecule has 5 rings (SSSR count). The van der Waals surface area contributed by atoms with Gasteiger partial charge in [0.25, 0.3) is 0 Å². The van der Waals surface area contributed by atoms with E-state index in [2.05, 4.69) is 0 Å². The number of phenols is 1. The number of benzene rings is 1. The number of aliphatic hydroxyl groups is 9. The Morgan fingerprint density at radius 2 is 1.26 bits per heavy atom. The zero-order valence-corrected chi connectivity index (χ0v) is 22.6. The number of carbonyl (C=O) groups excluding carboxylic acids is 1.